The lowest BCUT2D eigenvalue weighted by atomic mass is 10.1. The average Bonchev–Trinajstić information content (AvgIpc) is 2.48. The van der Waals surface area contributed by atoms with Gasteiger partial charge in [-0.25, -0.2) is 0 Å². The monoisotopic (exact) mass is 284 g/mol. The van der Waals surface area contributed by atoms with E-state index in [0.717, 1.165) is 36.2 Å². The highest BCUT2D eigenvalue weighted by Gasteiger charge is 2.00. The standard InChI is InChI=1S/C17H20N2O2/c1-13(20)5-3-2-4-6-15-11-19-17(12-18-15)14-7-9-16(21)10-8-14/h4,6-13,20-21H,2-3,5H2,1H3/b6-4+. The summed E-state index contributed by atoms with van der Waals surface area (Å²) in [5.74, 6) is 0.239. The van der Waals surface area contributed by atoms with Crippen LogP contribution in [0.15, 0.2) is 42.7 Å². The zero-order valence-corrected chi connectivity index (χ0v) is 12.1. The van der Waals surface area contributed by atoms with Crippen molar-refractivity contribution in [1.29, 1.82) is 0 Å². The maximum atomic E-state index is 9.26. The molecular formula is C17H20N2O2. The van der Waals surface area contributed by atoms with Gasteiger partial charge in [0.15, 0.2) is 0 Å². The van der Waals surface area contributed by atoms with E-state index >= 15 is 0 Å². The molecule has 1 unspecified atom stereocenters. The highest BCUT2D eigenvalue weighted by atomic mass is 16.3. The van der Waals surface area contributed by atoms with Crippen LogP contribution < -0.4 is 0 Å². The summed E-state index contributed by atoms with van der Waals surface area (Å²) in [5, 5.41) is 18.4. The number of aliphatic hydroxyl groups excluding tert-OH is 1. The predicted octanol–water partition coefficient (Wildman–Crippen LogP) is 3.41. The molecule has 21 heavy (non-hydrogen) atoms. The summed E-state index contributed by atoms with van der Waals surface area (Å²) < 4.78 is 0. The van der Waals surface area contributed by atoms with Gasteiger partial charge in [-0.1, -0.05) is 6.08 Å². The Hall–Kier alpha value is -2.20. The summed E-state index contributed by atoms with van der Waals surface area (Å²) in [6, 6.07) is 6.88. The molecular weight excluding hydrogens is 264 g/mol. The van der Waals surface area contributed by atoms with Gasteiger partial charge < -0.3 is 10.2 Å². The number of rotatable bonds is 6. The Morgan fingerprint density at radius 3 is 2.52 bits per heavy atom. The van der Waals surface area contributed by atoms with Crippen molar-refractivity contribution in [3.63, 3.8) is 0 Å². The number of aromatic hydroxyl groups is 1. The van der Waals surface area contributed by atoms with E-state index in [1.54, 1.807) is 31.5 Å². The number of phenolic OH excluding ortho intramolecular Hbond substituents is 1. The molecule has 0 saturated heterocycles. The first-order chi connectivity index (χ1) is 10.1. The molecule has 2 rings (SSSR count). The molecule has 4 heteroatoms. The molecule has 0 fully saturated rings. The van der Waals surface area contributed by atoms with Crippen molar-refractivity contribution in [2.24, 2.45) is 0 Å². The van der Waals surface area contributed by atoms with Gasteiger partial charge in [-0.2, -0.15) is 0 Å². The normalized spacial score (nSPS) is 12.7. The number of aliphatic hydroxyl groups is 1. The molecule has 2 N–H and O–H groups in total. The SMILES string of the molecule is CC(O)CCC/C=C/c1cnc(-c2ccc(O)cc2)cn1. The second-order valence-electron chi connectivity index (χ2n) is 5.06. The summed E-state index contributed by atoms with van der Waals surface area (Å²) in [5.41, 5.74) is 2.52. The number of hydrogen-bond donors (Lipinski definition) is 2. The van der Waals surface area contributed by atoms with Crippen molar-refractivity contribution in [3.8, 4) is 17.0 Å². The first kappa shape index (κ1) is 15.2. The number of allylic oxidation sites excluding steroid dienone is 1. The van der Waals surface area contributed by atoms with Gasteiger partial charge in [0.1, 0.15) is 5.75 Å². The molecule has 1 aromatic carbocycles. The molecule has 1 aromatic heterocycles. The van der Waals surface area contributed by atoms with Crippen LogP contribution in [-0.2, 0) is 0 Å². The van der Waals surface area contributed by atoms with Gasteiger partial charge in [0.2, 0.25) is 0 Å². The van der Waals surface area contributed by atoms with Crippen LogP contribution in [0.1, 0.15) is 31.9 Å². The van der Waals surface area contributed by atoms with Crippen LogP contribution in [0, 0.1) is 0 Å². The molecule has 0 aliphatic rings. The zero-order valence-electron chi connectivity index (χ0n) is 12.1. The lowest BCUT2D eigenvalue weighted by Gasteiger charge is -2.01. The molecule has 0 saturated carbocycles. The van der Waals surface area contributed by atoms with Crippen LogP contribution in [0.25, 0.3) is 17.3 Å². The van der Waals surface area contributed by atoms with Gasteiger partial charge in [-0.15, -0.1) is 0 Å². The minimum absolute atomic E-state index is 0.234. The Bertz CT molecular complexity index is 575. The Morgan fingerprint density at radius 2 is 1.90 bits per heavy atom. The van der Waals surface area contributed by atoms with E-state index in [1.807, 2.05) is 24.3 Å². The summed E-state index contributed by atoms with van der Waals surface area (Å²) in [6.07, 6.45) is 9.91. The third-order valence-corrected chi connectivity index (χ3v) is 3.12. The van der Waals surface area contributed by atoms with Gasteiger partial charge in [0, 0.05) is 5.56 Å². The maximum Gasteiger partial charge on any atom is 0.115 e. The van der Waals surface area contributed by atoms with Gasteiger partial charge in [0.25, 0.3) is 0 Å². The highest BCUT2D eigenvalue weighted by molar-refractivity contribution is 5.59. The fourth-order valence-electron chi connectivity index (χ4n) is 1.94. The number of unbranched alkanes of at least 4 members (excludes halogenated alkanes) is 1. The van der Waals surface area contributed by atoms with Crippen LogP contribution >= 0.6 is 0 Å². The molecule has 4 nitrogen and oxygen atoms in total. The van der Waals surface area contributed by atoms with Crippen molar-refractivity contribution in [3.05, 3.63) is 48.4 Å². The van der Waals surface area contributed by atoms with Crippen LogP contribution in [0.3, 0.4) is 0 Å². The molecule has 1 atom stereocenters. The molecule has 0 aliphatic heterocycles. The van der Waals surface area contributed by atoms with E-state index in [4.69, 9.17) is 5.11 Å². The van der Waals surface area contributed by atoms with E-state index in [1.165, 1.54) is 0 Å². The quantitative estimate of drug-likeness (QED) is 0.798. The van der Waals surface area contributed by atoms with E-state index in [2.05, 4.69) is 9.97 Å². The number of hydrogen-bond acceptors (Lipinski definition) is 4. The highest BCUT2D eigenvalue weighted by Crippen LogP contribution is 2.19. The molecule has 0 bridgehead atoms. The van der Waals surface area contributed by atoms with E-state index in [0.29, 0.717) is 0 Å². The molecule has 2 aromatic rings. The van der Waals surface area contributed by atoms with Crippen LogP contribution in [0.5, 0.6) is 5.75 Å². The number of benzene rings is 1. The minimum Gasteiger partial charge on any atom is -0.508 e. The van der Waals surface area contributed by atoms with Crippen molar-refractivity contribution in [2.45, 2.75) is 32.3 Å². The second-order valence-corrected chi connectivity index (χ2v) is 5.06. The first-order valence-corrected chi connectivity index (χ1v) is 7.11. The molecule has 110 valence electrons. The summed E-state index contributed by atoms with van der Waals surface area (Å²) in [4.78, 5) is 8.72. The summed E-state index contributed by atoms with van der Waals surface area (Å²) >= 11 is 0. The molecule has 0 spiro atoms. The minimum atomic E-state index is -0.234. The smallest absolute Gasteiger partial charge is 0.115 e. The molecule has 0 radical (unpaired) electrons. The van der Waals surface area contributed by atoms with E-state index in [-0.39, 0.29) is 11.9 Å². The van der Waals surface area contributed by atoms with Crippen LogP contribution in [0.4, 0.5) is 0 Å². The maximum absolute atomic E-state index is 9.26. The second kappa shape index (κ2) is 7.55. The fourth-order valence-corrected chi connectivity index (χ4v) is 1.94. The number of nitrogens with zero attached hydrogens (tertiary/aromatic N) is 2. The molecule has 0 amide bonds. The summed E-state index contributed by atoms with van der Waals surface area (Å²) in [7, 11) is 0. The largest absolute Gasteiger partial charge is 0.508 e. The van der Waals surface area contributed by atoms with Crippen molar-refractivity contribution >= 4 is 6.08 Å². The van der Waals surface area contributed by atoms with Crippen LogP contribution in [-0.4, -0.2) is 26.3 Å². The van der Waals surface area contributed by atoms with Crippen LogP contribution in [0.2, 0.25) is 0 Å². The Balaban J connectivity index is 1.92. The zero-order chi connectivity index (χ0) is 15.1. The number of aromatic nitrogens is 2. The van der Waals surface area contributed by atoms with Gasteiger partial charge in [-0.3, -0.25) is 9.97 Å². The average molecular weight is 284 g/mol. The van der Waals surface area contributed by atoms with Gasteiger partial charge in [-0.05, 0) is 56.5 Å². The third kappa shape index (κ3) is 5.00. The Kier molecular flexibility index (Phi) is 5.46. The topological polar surface area (TPSA) is 66.2 Å². The predicted molar refractivity (Wildman–Crippen MR) is 83.7 cm³/mol. The number of phenols is 1. The lowest BCUT2D eigenvalue weighted by Crippen LogP contribution is -1.97. The van der Waals surface area contributed by atoms with Crippen molar-refractivity contribution in [2.75, 3.05) is 0 Å². The Morgan fingerprint density at radius 1 is 1.14 bits per heavy atom. The fraction of sp³-hybridized carbons (Fsp3) is 0.294. The van der Waals surface area contributed by atoms with Gasteiger partial charge in [0.05, 0.1) is 29.9 Å². The Labute approximate surface area is 124 Å². The first-order valence-electron chi connectivity index (χ1n) is 7.11. The third-order valence-electron chi connectivity index (χ3n) is 3.12. The molecule has 1 heterocycles. The van der Waals surface area contributed by atoms with E-state index in [9.17, 15) is 5.11 Å². The molecule has 0 aliphatic carbocycles. The van der Waals surface area contributed by atoms with E-state index < -0.39 is 0 Å². The van der Waals surface area contributed by atoms with Gasteiger partial charge >= 0.3 is 0 Å². The summed E-state index contributed by atoms with van der Waals surface area (Å²) in [6.45, 7) is 1.80. The van der Waals surface area contributed by atoms with Crippen molar-refractivity contribution < 1.29 is 10.2 Å². The van der Waals surface area contributed by atoms with Crippen molar-refractivity contribution in [1.82, 2.24) is 9.97 Å². The lowest BCUT2D eigenvalue weighted by molar-refractivity contribution is 0.182.